The summed E-state index contributed by atoms with van der Waals surface area (Å²) < 4.78 is 5.21. The van der Waals surface area contributed by atoms with Gasteiger partial charge in [-0.1, -0.05) is 50.1 Å². The lowest BCUT2D eigenvalue weighted by atomic mass is 10.0. The van der Waals surface area contributed by atoms with E-state index in [4.69, 9.17) is 4.74 Å². The van der Waals surface area contributed by atoms with Crippen molar-refractivity contribution in [3.05, 3.63) is 35.4 Å². The number of ether oxygens (including phenoxy) is 1. The minimum Gasteiger partial charge on any atom is -0.444 e. The lowest BCUT2D eigenvalue weighted by Crippen LogP contribution is -2.49. The van der Waals surface area contributed by atoms with Gasteiger partial charge in [-0.05, 0) is 53.0 Å². The van der Waals surface area contributed by atoms with Crippen LogP contribution in [0.5, 0.6) is 0 Å². The molecule has 7 nitrogen and oxygen atoms in total. The first-order valence-electron chi connectivity index (χ1n) is 11.1. The zero-order valence-electron chi connectivity index (χ0n) is 20.1. The number of amides is 3. The van der Waals surface area contributed by atoms with Gasteiger partial charge in [-0.25, -0.2) is 4.79 Å². The second-order valence-corrected chi connectivity index (χ2v) is 8.95. The number of hydrogen-bond donors (Lipinski definition) is 2. The van der Waals surface area contributed by atoms with Crippen LogP contribution in [0.2, 0.25) is 0 Å². The van der Waals surface area contributed by atoms with Gasteiger partial charge in [-0.3, -0.25) is 9.59 Å². The third-order valence-electron chi connectivity index (χ3n) is 4.63. The Morgan fingerprint density at radius 3 is 2.19 bits per heavy atom. The van der Waals surface area contributed by atoms with Gasteiger partial charge >= 0.3 is 6.09 Å². The summed E-state index contributed by atoms with van der Waals surface area (Å²) in [6.45, 7) is 13.4. The topological polar surface area (TPSA) is 87.7 Å². The molecule has 1 aromatic carbocycles. The van der Waals surface area contributed by atoms with E-state index in [1.54, 1.807) is 20.8 Å². The average molecular weight is 434 g/mol. The van der Waals surface area contributed by atoms with E-state index in [9.17, 15) is 14.4 Å². The van der Waals surface area contributed by atoms with Crippen molar-refractivity contribution in [1.29, 1.82) is 0 Å². The van der Waals surface area contributed by atoms with Crippen LogP contribution in [-0.4, -0.2) is 47.5 Å². The highest BCUT2D eigenvalue weighted by atomic mass is 16.6. The Morgan fingerprint density at radius 1 is 1.06 bits per heavy atom. The van der Waals surface area contributed by atoms with Crippen LogP contribution in [-0.2, 0) is 14.3 Å². The van der Waals surface area contributed by atoms with Crippen LogP contribution in [0.4, 0.5) is 4.79 Å². The predicted molar refractivity (Wildman–Crippen MR) is 123 cm³/mol. The van der Waals surface area contributed by atoms with Gasteiger partial charge in [-0.2, -0.15) is 0 Å². The van der Waals surface area contributed by atoms with Gasteiger partial charge in [0.25, 0.3) is 0 Å². The van der Waals surface area contributed by atoms with Crippen molar-refractivity contribution < 1.29 is 19.1 Å². The molecule has 0 aliphatic heterocycles. The maximum absolute atomic E-state index is 13.2. The third kappa shape index (κ3) is 9.40. The molecule has 2 unspecified atom stereocenters. The van der Waals surface area contributed by atoms with Gasteiger partial charge in [0.15, 0.2) is 0 Å². The summed E-state index contributed by atoms with van der Waals surface area (Å²) >= 11 is 0. The fraction of sp³-hybridized carbons (Fsp3) is 0.625. The number of nitrogens with zero attached hydrogens (tertiary/aromatic N) is 1. The second kappa shape index (κ2) is 12.3. The number of alkyl carbamates (subject to hydrolysis) is 1. The normalized spacial score (nSPS) is 13.1. The monoisotopic (exact) mass is 433 g/mol. The van der Waals surface area contributed by atoms with E-state index >= 15 is 0 Å². The van der Waals surface area contributed by atoms with Crippen LogP contribution in [0.1, 0.15) is 78.0 Å². The molecule has 0 radical (unpaired) electrons. The van der Waals surface area contributed by atoms with Crippen LogP contribution >= 0.6 is 0 Å². The van der Waals surface area contributed by atoms with E-state index in [1.165, 1.54) is 4.90 Å². The number of carbonyl (C=O) groups excluding carboxylic acids is 3. The Labute approximate surface area is 186 Å². The van der Waals surface area contributed by atoms with Crippen molar-refractivity contribution in [2.24, 2.45) is 0 Å². The molecule has 0 aliphatic carbocycles. The molecule has 0 aliphatic rings. The Kier molecular flexibility index (Phi) is 10.5. The number of nitrogens with one attached hydrogen (secondary N) is 2. The molecule has 7 heteroatoms. The standard InChI is InChI=1S/C24H39N3O4/c1-8-10-18(4)26-22(29)21(19-13-11-17(3)12-14-19)27(15-9-2)20(28)16-25-23(30)31-24(5,6)7/h11-14,18,21H,8-10,15-16H2,1-7H3,(H,25,30)(H,26,29). The van der Waals surface area contributed by atoms with E-state index in [-0.39, 0.29) is 24.4 Å². The number of carbonyl (C=O) groups is 3. The van der Waals surface area contributed by atoms with Crippen molar-refractivity contribution in [3.63, 3.8) is 0 Å². The molecule has 3 amide bonds. The number of benzene rings is 1. The van der Waals surface area contributed by atoms with Crippen molar-refractivity contribution in [1.82, 2.24) is 15.5 Å². The SMILES string of the molecule is CCCC(C)NC(=O)C(c1ccc(C)cc1)N(CCC)C(=O)CNC(=O)OC(C)(C)C. The zero-order chi connectivity index (χ0) is 23.6. The Hall–Kier alpha value is -2.57. The highest BCUT2D eigenvalue weighted by Crippen LogP contribution is 2.23. The van der Waals surface area contributed by atoms with Crippen LogP contribution in [0.3, 0.4) is 0 Å². The molecule has 0 heterocycles. The van der Waals surface area contributed by atoms with Crippen molar-refractivity contribution >= 4 is 17.9 Å². The van der Waals surface area contributed by atoms with E-state index < -0.39 is 17.7 Å². The van der Waals surface area contributed by atoms with Gasteiger partial charge in [0, 0.05) is 12.6 Å². The molecule has 1 aromatic rings. The molecule has 1 rings (SSSR count). The molecular weight excluding hydrogens is 394 g/mol. The van der Waals surface area contributed by atoms with E-state index in [0.29, 0.717) is 13.0 Å². The lowest BCUT2D eigenvalue weighted by Gasteiger charge is -2.32. The first-order valence-corrected chi connectivity index (χ1v) is 11.1. The molecule has 0 aromatic heterocycles. The van der Waals surface area contributed by atoms with Crippen molar-refractivity contribution in [2.75, 3.05) is 13.1 Å². The lowest BCUT2D eigenvalue weighted by molar-refractivity contribution is -0.140. The third-order valence-corrected chi connectivity index (χ3v) is 4.63. The van der Waals surface area contributed by atoms with Gasteiger partial charge in [-0.15, -0.1) is 0 Å². The summed E-state index contributed by atoms with van der Waals surface area (Å²) in [5.74, 6) is -0.555. The number of aryl methyl sites for hydroxylation is 1. The largest absolute Gasteiger partial charge is 0.444 e. The fourth-order valence-corrected chi connectivity index (χ4v) is 3.25. The quantitative estimate of drug-likeness (QED) is 0.581. The van der Waals surface area contributed by atoms with E-state index in [1.807, 2.05) is 45.0 Å². The molecule has 0 saturated heterocycles. The molecule has 174 valence electrons. The Bertz CT molecular complexity index is 725. The summed E-state index contributed by atoms with van der Waals surface area (Å²) in [4.78, 5) is 39.8. The molecule has 0 saturated carbocycles. The van der Waals surface area contributed by atoms with Crippen molar-refractivity contribution in [3.8, 4) is 0 Å². The minimum atomic E-state index is -0.771. The molecule has 2 N–H and O–H groups in total. The average Bonchev–Trinajstić information content (AvgIpc) is 2.66. The Morgan fingerprint density at radius 2 is 1.68 bits per heavy atom. The minimum absolute atomic E-state index is 0.00363. The molecule has 0 spiro atoms. The van der Waals surface area contributed by atoms with Gasteiger partial charge in [0.1, 0.15) is 18.2 Å². The van der Waals surface area contributed by atoms with Crippen LogP contribution < -0.4 is 10.6 Å². The van der Waals surface area contributed by atoms with Gasteiger partial charge in [0.05, 0.1) is 0 Å². The summed E-state index contributed by atoms with van der Waals surface area (Å²) in [6.07, 6.45) is 1.82. The molecule has 31 heavy (non-hydrogen) atoms. The van der Waals surface area contributed by atoms with E-state index in [0.717, 1.165) is 24.0 Å². The molecule has 0 bridgehead atoms. The zero-order valence-corrected chi connectivity index (χ0v) is 20.1. The summed E-state index contributed by atoms with van der Waals surface area (Å²) in [5, 5.41) is 5.55. The summed E-state index contributed by atoms with van der Waals surface area (Å²) in [7, 11) is 0. The number of rotatable bonds is 10. The predicted octanol–water partition coefficient (Wildman–Crippen LogP) is 4.10. The fourth-order valence-electron chi connectivity index (χ4n) is 3.25. The molecular formula is C24H39N3O4. The molecule has 2 atom stereocenters. The van der Waals surface area contributed by atoms with Crippen molar-refractivity contribution in [2.45, 2.75) is 85.4 Å². The van der Waals surface area contributed by atoms with Gasteiger partial charge in [0.2, 0.25) is 11.8 Å². The molecule has 0 fully saturated rings. The first kappa shape index (κ1) is 26.5. The Balaban J connectivity index is 3.10. The summed E-state index contributed by atoms with van der Waals surface area (Å²) in [6, 6.07) is 6.84. The maximum atomic E-state index is 13.2. The summed E-state index contributed by atoms with van der Waals surface area (Å²) in [5.41, 5.74) is 1.16. The highest BCUT2D eigenvalue weighted by Gasteiger charge is 2.31. The van der Waals surface area contributed by atoms with E-state index in [2.05, 4.69) is 17.6 Å². The first-order chi connectivity index (χ1) is 14.5. The maximum Gasteiger partial charge on any atom is 0.408 e. The second-order valence-electron chi connectivity index (χ2n) is 8.95. The smallest absolute Gasteiger partial charge is 0.408 e. The number of hydrogen-bond acceptors (Lipinski definition) is 4. The highest BCUT2D eigenvalue weighted by molar-refractivity contribution is 5.90. The van der Waals surface area contributed by atoms with Gasteiger partial charge < -0.3 is 20.3 Å². The van der Waals surface area contributed by atoms with Crippen LogP contribution in [0.15, 0.2) is 24.3 Å². The van der Waals surface area contributed by atoms with Crippen LogP contribution in [0, 0.1) is 6.92 Å². The van der Waals surface area contributed by atoms with Crippen LogP contribution in [0.25, 0.3) is 0 Å².